The molecule has 0 aliphatic rings. The van der Waals surface area contributed by atoms with Crippen LogP contribution in [0.2, 0.25) is 0 Å². The fourth-order valence-electron chi connectivity index (χ4n) is 0.459. The molecule has 0 N–H and O–H groups in total. The SMILES string of the molecule is C=B/C(=C\N=CC)CC. The van der Waals surface area contributed by atoms with E-state index in [0.29, 0.717) is 0 Å². The number of hydrogen-bond acceptors (Lipinski definition) is 1. The predicted octanol–water partition coefficient (Wildman–Crippen LogP) is 1.46. The summed E-state index contributed by atoms with van der Waals surface area (Å²) in [7, 11) is 0. The van der Waals surface area contributed by atoms with E-state index >= 15 is 0 Å². The molecule has 1 nitrogen and oxygen atoms in total. The van der Waals surface area contributed by atoms with Gasteiger partial charge in [0.05, 0.1) is 0 Å². The Morgan fingerprint density at radius 3 is 2.78 bits per heavy atom. The summed E-state index contributed by atoms with van der Waals surface area (Å²) in [4.78, 5) is 3.96. The molecule has 0 heterocycles. The maximum absolute atomic E-state index is 3.96. The van der Waals surface area contributed by atoms with Crippen LogP contribution in [0.25, 0.3) is 0 Å². The Morgan fingerprint density at radius 2 is 2.44 bits per heavy atom. The van der Waals surface area contributed by atoms with Crippen molar-refractivity contribution in [3.63, 3.8) is 0 Å². The molecular formula is C7H12BN. The van der Waals surface area contributed by atoms with Crippen LogP contribution in [0, 0.1) is 0 Å². The third-order valence-corrected chi connectivity index (χ3v) is 1.06. The van der Waals surface area contributed by atoms with Crippen LogP contribution in [0.3, 0.4) is 0 Å². The summed E-state index contributed by atoms with van der Waals surface area (Å²) in [6.07, 6.45) is 4.59. The van der Waals surface area contributed by atoms with Crippen LogP contribution >= 0.6 is 0 Å². The molecule has 48 valence electrons. The summed E-state index contributed by atoms with van der Waals surface area (Å²) in [6.45, 7) is 9.45. The Kier molecular flexibility index (Phi) is 5.08. The predicted molar refractivity (Wildman–Crippen MR) is 45.4 cm³/mol. The second-order valence-electron chi connectivity index (χ2n) is 1.67. The molecule has 0 aromatic carbocycles. The van der Waals surface area contributed by atoms with Crippen LogP contribution in [0.5, 0.6) is 0 Å². The zero-order chi connectivity index (χ0) is 7.11. The van der Waals surface area contributed by atoms with E-state index in [0.717, 1.165) is 6.42 Å². The summed E-state index contributed by atoms with van der Waals surface area (Å²) in [6, 6.07) is 0. The van der Waals surface area contributed by atoms with Crippen molar-refractivity contribution in [1.82, 2.24) is 0 Å². The van der Waals surface area contributed by atoms with Crippen molar-refractivity contribution in [3.8, 4) is 0 Å². The third-order valence-electron chi connectivity index (χ3n) is 1.06. The van der Waals surface area contributed by atoms with E-state index in [1.165, 1.54) is 5.47 Å². The average molecular weight is 121 g/mol. The Balaban J connectivity index is 3.90. The summed E-state index contributed by atoms with van der Waals surface area (Å²) in [5.41, 5.74) is 1.17. The van der Waals surface area contributed by atoms with Crippen molar-refractivity contribution >= 4 is 19.6 Å². The van der Waals surface area contributed by atoms with Crippen LogP contribution in [0.4, 0.5) is 0 Å². The Labute approximate surface area is 57.4 Å². The third kappa shape index (κ3) is 3.89. The number of hydrogen-bond donors (Lipinski definition) is 0. The molecule has 0 atom stereocenters. The van der Waals surface area contributed by atoms with E-state index in [1.54, 1.807) is 6.21 Å². The van der Waals surface area contributed by atoms with E-state index in [4.69, 9.17) is 0 Å². The minimum atomic E-state index is 1.00. The molecule has 0 rings (SSSR count). The first-order valence-corrected chi connectivity index (χ1v) is 3.14. The van der Waals surface area contributed by atoms with Crippen LogP contribution in [0.1, 0.15) is 20.3 Å². The van der Waals surface area contributed by atoms with Gasteiger partial charge in [-0.3, -0.25) is 0 Å². The minimum absolute atomic E-state index is 1.00. The Hall–Kier alpha value is -0.655. The monoisotopic (exact) mass is 121 g/mol. The van der Waals surface area contributed by atoms with Gasteiger partial charge in [-0.2, -0.15) is 0 Å². The quantitative estimate of drug-likeness (QED) is 0.396. The maximum atomic E-state index is 3.96. The summed E-state index contributed by atoms with van der Waals surface area (Å²) in [5, 5.41) is 0. The molecule has 0 bridgehead atoms. The van der Waals surface area contributed by atoms with E-state index < -0.39 is 0 Å². The number of allylic oxidation sites excluding steroid dienone is 1. The van der Waals surface area contributed by atoms with Crippen molar-refractivity contribution in [1.29, 1.82) is 0 Å². The first-order valence-electron chi connectivity index (χ1n) is 3.14. The van der Waals surface area contributed by atoms with Crippen molar-refractivity contribution in [2.75, 3.05) is 0 Å². The molecule has 0 aliphatic heterocycles. The van der Waals surface area contributed by atoms with Gasteiger partial charge in [0, 0.05) is 0 Å². The summed E-state index contributed by atoms with van der Waals surface area (Å²) < 4.78 is 0. The summed E-state index contributed by atoms with van der Waals surface area (Å²) in [5.74, 6) is 0. The van der Waals surface area contributed by atoms with E-state index in [-0.39, 0.29) is 0 Å². The molecular weight excluding hydrogens is 109 g/mol. The normalized spacial score (nSPS) is 12.0. The number of aliphatic imine (C=N–C) groups is 1. The van der Waals surface area contributed by atoms with Gasteiger partial charge in [0.1, 0.15) is 0 Å². The van der Waals surface area contributed by atoms with Crippen LogP contribution in [-0.2, 0) is 0 Å². The van der Waals surface area contributed by atoms with Gasteiger partial charge < -0.3 is 0 Å². The second-order valence-corrected chi connectivity index (χ2v) is 1.67. The zero-order valence-electron chi connectivity index (χ0n) is 6.09. The number of rotatable bonds is 3. The molecule has 0 aliphatic carbocycles. The van der Waals surface area contributed by atoms with Crippen molar-refractivity contribution in [3.05, 3.63) is 11.7 Å². The van der Waals surface area contributed by atoms with Gasteiger partial charge in [0.25, 0.3) is 0 Å². The van der Waals surface area contributed by atoms with Crippen molar-refractivity contribution < 1.29 is 0 Å². The molecule has 0 radical (unpaired) electrons. The topological polar surface area (TPSA) is 12.4 Å². The van der Waals surface area contributed by atoms with Crippen molar-refractivity contribution in [2.24, 2.45) is 4.99 Å². The van der Waals surface area contributed by atoms with E-state index in [1.807, 2.05) is 20.0 Å². The molecule has 0 aromatic rings. The van der Waals surface area contributed by atoms with Crippen LogP contribution < -0.4 is 0 Å². The Morgan fingerprint density at radius 1 is 1.78 bits per heavy atom. The molecule has 0 fully saturated rings. The Bertz CT molecular complexity index is 136. The van der Waals surface area contributed by atoms with Gasteiger partial charge in [0.2, 0.25) is 0 Å². The molecule has 0 saturated heterocycles. The molecule has 0 saturated carbocycles. The zero-order valence-corrected chi connectivity index (χ0v) is 6.09. The standard InChI is InChI=1S/C7H12BN/c1-4-7(8-3)6-9-5-2/h5-6H,3-4H2,1-2H3/b7-6-,9-5?. The van der Waals surface area contributed by atoms with E-state index in [2.05, 4.69) is 18.4 Å². The fourth-order valence-corrected chi connectivity index (χ4v) is 0.459. The van der Waals surface area contributed by atoms with Gasteiger partial charge in [-0.05, 0) is 0 Å². The molecule has 0 spiro atoms. The number of nitrogens with zero attached hydrogens (tertiary/aromatic N) is 1. The summed E-state index contributed by atoms with van der Waals surface area (Å²) >= 11 is 0. The van der Waals surface area contributed by atoms with Crippen LogP contribution in [-0.4, -0.2) is 19.6 Å². The molecule has 9 heavy (non-hydrogen) atoms. The van der Waals surface area contributed by atoms with Gasteiger partial charge >= 0.3 is 56.5 Å². The van der Waals surface area contributed by atoms with Crippen LogP contribution in [0.15, 0.2) is 16.7 Å². The first kappa shape index (κ1) is 8.34. The van der Waals surface area contributed by atoms with Gasteiger partial charge in [-0.15, -0.1) is 0 Å². The van der Waals surface area contributed by atoms with Gasteiger partial charge in [0.15, 0.2) is 0 Å². The molecule has 0 aromatic heterocycles. The second kappa shape index (κ2) is 5.48. The van der Waals surface area contributed by atoms with Crippen molar-refractivity contribution in [2.45, 2.75) is 20.3 Å². The molecule has 0 amide bonds. The van der Waals surface area contributed by atoms with Gasteiger partial charge in [-0.25, -0.2) is 0 Å². The first-order chi connectivity index (χ1) is 4.35. The molecule has 0 unspecified atom stereocenters. The van der Waals surface area contributed by atoms with Gasteiger partial charge in [-0.1, -0.05) is 0 Å². The average Bonchev–Trinajstić information content (AvgIpc) is 1.91. The van der Waals surface area contributed by atoms with E-state index in [9.17, 15) is 0 Å². The molecule has 2 heteroatoms. The fraction of sp³-hybridized carbons (Fsp3) is 0.429.